The lowest BCUT2D eigenvalue weighted by atomic mass is 9.93. The molecule has 0 bridgehead atoms. The van der Waals surface area contributed by atoms with E-state index in [2.05, 4.69) is 26.6 Å². The van der Waals surface area contributed by atoms with Crippen LogP contribution in [0.1, 0.15) is 27.1 Å². The van der Waals surface area contributed by atoms with Crippen LogP contribution in [-0.4, -0.2) is 41.7 Å². The van der Waals surface area contributed by atoms with Gasteiger partial charge >= 0.3 is 0 Å². The number of amides is 2. The Morgan fingerprint density at radius 2 is 1.82 bits per heavy atom. The number of nitrogens with one attached hydrogen (secondary N) is 2. The second kappa shape index (κ2) is 8.20. The van der Waals surface area contributed by atoms with Crippen LogP contribution in [-0.2, 0) is 7.05 Å². The minimum atomic E-state index is -0.437. The number of aromatic nitrogens is 1. The molecule has 8 heteroatoms. The number of fused-ring (bicyclic) bond motifs is 5. The summed E-state index contributed by atoms with van der Waals surface area (Å²) in [6.45, 7) is 1.27. The van der Waals surface area contributed by atoms with E-state index in [1.807, 2.05) is 49.0 Å². The van der Waals surface area contributed by atoms with Crippen molar-refractivity contribution in [2.24, 2.45) is 7.05 Å². The van der Waals surface area contributed by atoms with E-state index in [1.165, 1.54) is 0 Å². The molecule has 3 aromatic carbocycles. The summed E-state index contributed by atoms with van der Waals surface area (Å²) < 4.78 is 8.58. The average Bonchev–Trinajstić information content (AvgIpc) is 3.24. The molecular formula is C25H22BrN3O4. The first-order valence-electron chi connectivity index (χ1n) is 10.6. The van der Waals surface area contributed by atoms with Gasteiger partial charge in [-0.3, -0.25) is 14.9 Å². The Kier molecular flexibility index (Phi) is 5.34. The lowest BCUT2D eigenvalue weighted by Crippen LogP contribution is -2.20. The molecule has 0 radical (unpaired) electrons. The van der Waals surface area contributed by atoms with Crippen LogP contribution in [0.4, 0.5) is 0 Å². The van der Waals surface area contributed by atoms with Gasteiger partial charge in [0.15, 0.2) is 11.5 Å². The minimum Gasteiger partial charge on any atom is -0.504 e. The topological polar surface area (TPSA) is 92.6 Å². The van der Waals surface area contributed by atoms with Gasteiger partial charge in [-0.1, -0.05) is 34.1 Å². The number of nitrogens with zero attached hydrogens (tertiary/aromatic N) is 1. The lowest BCUT2D eigenvalue weighted by Gasteiger charge is -2.10. The van der Waals surface area contributed by atoms with E-state index in [1.54, 1.807) is 12.1 Å². The molecule has 33 heavy (non-hydrogen) atoms. The van der Waals surface area contributed by atoms with Crippen LogP contribution in [0.15, 0.2) is 46.9 Å². The van der Waals surface area contributed by atoms with Gasteiger partial charge in [0.1, 0.15) is 0 Å². The number of aromatic hydroxyl groups is 1. The molecule has 4 aromatic rings. The molecule has 2 amide bonds. The molecule has 0 unspecified atom stereocenters. The Labute approximate surface area is 198 Å². The van der Waals surface area contributed by atoms with Gasteiger partial charge in [-0.2, -0.15) is 0 Å². The van der Waals surface area contributed by atoms with Crippen LogP contribution < -0.4 is 15.4 Å². The van der Waals surface area contributed by atoms with Gasteiger partial charge in [-0.25, -0.2) is 0 Å². The van der Waals surface area contributed by atoms with Gasteiger partial charge in [0.25, 0.3) is 11.8 Å². The zero-order valence-electron chi connectivity index (χ0n) is 18.2. The molecule has 0 fully saturated rings. The summed E-state index contributed by atoms with van der Waals surface area (Å²) in [5, 5.41) is 17.5. The quantitative estimate of drug-likeness (QED) is 0.266. The number of rotatable bonds is 6. The summed E-state index contributed by atoms with van der Waals surface area (Å²) in [7, 11) is 3.78. The first-order valence-corrected chi connectivity index (χ1v) is 11.4. The van der Waals surface area contributed by atoms with Crippen molar-refractivity contribution in [1.29, 1.82) is 0 Å². The number of ether oxygens (including phenoxy) is 1. The van der Waals surface area contributed by atoms with Crippen LogP contribution in [0.2, 0.25) is 0 Å². The molecule has 0 spiro atoms. The Morgan fingerprint density at radius 3 is 2.58 bits per heavy atom. The van der Waals surface area contributed by atoms with E-state index in [0.29, 0.717) is 39.8 Å². The van der Waals surface area contributed by atoms with E-state index in [-0.39, 0.29) is 5.75 Å². The van der Waals surface area contributed by atoms with Crippen molar-refractivity contribution < 1.29 is 19.4 Å². The fourth-order valence-corrected chi connectivity index (χ4v) is 5.00. The van der Waals surface area contributed by atoms with Gasteiger partial charge in [0.05, 0.1) is 28.8 Å². The van der Waals surface area contributed by atoms with E-state index in [4.69, 9.17) is 4.74 Å². The van der Waals surface area contributed by atoms with E-state index < -0.39 is 11.8 Å². The molecule has 3 N–H and O–H groups in total. The number of carbonyl (C=O) groups excluding carboxylic acids is 2. The largest absolute Gasteiger partial charge is 0.504 e. The van der Waals surface area contributed by atoms with E-state index in [0.717, 1.165) is 34.0 Å². The van der Waals surface area contributed by atoms with Crippen LogP contribution >= 0.6 is 15.9 Å². The Hall–Kier alpha value is -3.36. The third kappa shape index (κ3) is 3.37. The van der Waals surface area contributed by atoms with Crippen molar-refractivity contribution >= 4 is 49.6 Å². The number of hydrogen-bond acceptors (Lipinski definition) is 5. The Bertz CT molecular complexity index is 1460. The summed E-state index contributed by atoms with van der Waals surface area (Å²) in [6, 6.07) is 12.9. The number of carbonyl (C=O) groups is 2. The van der Waals surface area contributed by atoms with Crippen molar-refractivity contribution in [2.45, 2.75) is 6.42 Å². The monoisotopic (exact) mass is 507 g/mol. The van der Waals surface area contributed by atoms with Gasteiger partial charge in [-0.05, 0) is 49.3 Å². The number of imide groups is 1. The highest BCUT2D eigenvalue weighted by atomic mass is 79.9. The third-order valence-corrected chi connectivity index (χ3v) is 6.74. The minimum absolute atomic E-state index is 0.00665. The van der Waals surface area contributed by atoms with Gasteiger partial charge in [0, 0.05) is 28.4 Å². The zero-order chi connectivity index (χ0) is 23.3. The standard InChI is InChI=1S/C25H22BrN3O4/c1-27-8-5-9-33-20-12-17-15(11-19(20)30)21-18(29(17)2)10-14(13-6-3-4-7-16(13)26)22-23(21)25(32)28-24(22)31/h3-4,6-7,10-12,27,30H,5,8-9H2,1-2H3,(H,28,31,32). The fraction of sp³-hybridized carbons (Fsp3) is 0.200. The SMILES string of the molecule is CNCCCOc1cc2c(cc1O)c1c3c(c(-c4ccccc4Br)cc1n2C)C(=O)NC3=O. The molecule has 0 aliphatic carbocycles. The lowest BCUT2D eigenvalue weighted by molar-refractivity contribution is 0.0880. The van der Waals surface area contributed by atoms with Crippen molar-refractivity contribution in [2.75, 3.05) is 20.2 Å². The molecular weight excluding hydrogens is 486 g/mol. The number of hydrogen-bond donors (Lipinski definition) is 3. The summed E-state index contributed by atoms with van der Waals surface area (Å²) in [4.78, 5) is 25.8. The zero-order valence-corrected chi connectivity index (χ0v) is 19.7. The van der Waals surface area contributed by atoms with Crippen LogP contribution in [0.5, 0.6) is 11.5 Å². The molecule has 168 valence electrons. The molecule has 0 saturated heterocycles. The summed E-state index contributed by atoms with van der Waals surface area (Å²) in [5.41, 5.74) is 3.75. The molecule has 7 nitrogen and oxygen atoms in total. The summed E-state index contributed by atoms with van der Waals surface area (Å²) in [6.07, 6.45) is 0.800. The second-order valence-corrected chi connectivity index (χ2v) is 8.89. The first-order chi connectivity index (χ1) is 15.9. The smallest absolute Gasteiger partial charge is 0.259 e. The highest BCUT2D eigenvalue weighted by Crippen LogP contribution is 2.43. The first kappa shape index (κ1) is 21.5. The number of halogens is 1. The van der Waals surface area contributed by atoms with Crippen molar-refractivity contribution in [3.63, 3.8) is 0 Å². The van der Waals surface area contributed by atoms with Crippen molar-refractivity contribution in [1.82, 2.24) is 15.2 Å². The normalized spacial score (nSPS) is 13.1. The van der Waals surface area contributed by atoms with Gasteiger partial charge in [-0.15, -0.1) is 0 Å². The molecule has 0 saturated carbocycles. The van der Waals surface area contributed by atoms with E-state index in [9.17, 15) is 14.7 Å². The van der Waals surface area contributed by atoms with Crippen LogP contribution in [0.3, 0.4) is 0 Å². The molecule has 5 rings (SSSR count). The molecule has 1 aliphatic heterocycles. The van der Waals surface area contributed by atoms with Gasteiger partial charge < -0.3 is 19.7 Å². The van der Waals surface area contributed by atoms with E-state index >= 15 is 0 Å². The predicted octanol–water partition coefficient (Wildman–Crippen LogP) is 4.34. The molecule has 0 atom stereocenters. The van der Waals surface area contributed by atoms with Gasteiger partial charge in [0.2, 0.25) is 0 Å². The number of phenols is 1. The maximum Gasteiger partial charge on any atom is 0.259 e. The number of phenolic OH excluding ortho intramolecular Hbond substituents is 1. The van der Waals surface area contributed by atoms with Crippen LogP contribution in [0.25, 0.3) is 32.9 Å². The highest BCUT2D eigenvalue weighted by molar-refractivity contribution is 9.10. The maximum atomic E-state index is 12.9. The highest BCUT2D eigenvalue weighted by Gasteiger charge is 2.34. The Balaban J connectivity index is 1.79. The Morgan fingerprint density at radius 1 is 1.06 bits per heavy atom. The third-order valence-electron chi connectivity index (χ3n) is 6.05. The summed E-state index contributed by atoms with van der Waals surface area (Å²) in [5.74, 6) is -0.484. The second-order valence-electron chi connectivity index (χ2n) is 8.03. The maximum absolute atomic E-state index is 12.9. The molecule has 1 aliphatic rings. The molecule has 2 heterocycles. The predicted molar refractivity (Wildman–Crippen MR) is 131 cm³/mol. The fourth-order valence-electron chi connectivity index (χ4n) is 4.50. The average molecular weight is 508 g/mol. The van der Waals surface area contributed by atoms with Crippen molar-refractivity contribution in [3.05, 3.63) is 58.1 Å². The number of aryl methyl sites for hydroxylation is 1. The number of benzene rings is 3. The summed E-state index contributed by atoms with van der Waals surface area (Å²) >= 11 is 3.57. The van der Waals surface area contributed by atoms with Crippen molar-refractivity contribution in [3.8, 4) is 22.6 Å². The van der Waals surface area contributed by atoms with Crippen LogP contribution in [0, 0.1) is 0 Å². The molecule has 1 aromatic heterocycles.